The van der Waals surface area contributed by atoms with Crippen molar-refractivity contribution in [3.05, 3.63) is 106 Å². The lowest BCUT2D eigenvalue weighted by Crippen LogP contribution is -1.87. The molecule has 0 fully saturated rings. The molecule has 0 aliphatic rings. The van der Waals surface area contributed by atoms with Crippen LogP contribution in [-0.4, -0.2) is 0 Å². The number of aryl methyl sites for hydroxylation is 2. The van der Waals surface area contributed by atoms with Gasteiger partial charge >= 0.3 is 0 Å². The molecule has 3 aromatic rings. The molecule has 0 aromatic heterocycles. The number of benzene rings is 3. The number of hydrogen-bond acceptors (Lipinski definition) is 0. The SMILES string of the molecule is CCCCc1ccc(C#Cc2ccc(C#Cc3ccc(CC)cc3)cc2F)cc1. The summed E-state index contributed by atoms with van der Waals surface area (Å²) in [5.74, 6) is 11.7. The van der Waals surface area contributed by atoms with Crippen molar-refractivity contribution in [3.63, 3.8) is 0 Å². The van der Waals surface area contributed by atoms with Crippen molar-refractivity contribution in [2.24, 2.45) is 0 Å². The highest BCUT2D eigenvalue weighted by molar-refractivity contribution is 5.49. The van der Waals surface area contributed by atoms with Gasteiger partial charge in [-0.15, -0.1) is 0 Å². The highest BCUT2D eigenvalue weighted by Crippen LogP contribution is 2.11. The monoisotopic (exact) mass is 380 g/mol. The molecule has 0 aliphatic heterocycles. The van der Waals surface area contributed by atoms with Gasteiger partial charge in [0.1, 0.15) is 5.82 Å². The van der Waals surface area contributed by atoms with Crippen molar-refractivity contribution >= 4 is 0 Å². The molecular weight excluding hydrogens is 355 g/mol. The second-order valence-electron chi connectivity index (χ2n) is 7.05. The fourth-order valence-corrected chi connectivity index (χ4v) is 2.94. The van der Waals surface area contributed by atoms with E-state index in [1.165, 1.54) is 30.0 Å². The predicted octanol–water partition coefficient (Wildman–Crippen LogP) is 6.53. The molecule has 0 spiro atoms. The summed E-state index contributed by atoms with van der Waals surface area (Å²) in [6.45, 7) is 4.31. The van der Waals surface area contributed by atoms with Gasteiger partial charge in [0.25, 0.3) is 0 Å². The molecule has 144 valence electrons. The molecule has 0 amide bonds. The minimum absolute atomic E-state index is 0.342. The maximum absolute atomic E-state index is 14.4. The number of unbranched alkanes of at least 4 members (excludes halogenated alkanes) is 1. The molecule has 0 unspecified atom stereocenters. The summed E-state index contributed by atoms with van der Waals surface area (Å²) in [5.41, 5.74) is 5.44. The molecule has 0 radical (unpaired) electrons. The Bertz CT molecular complexity index is 1070. The molecule has 3 aromatic carbocycles. The van der Waals surface area contributed by atoms with Gasteiger partial charge < -0.3 is 0 Å². The molecule has 1 heteroatoms. The molecule has 0 heterocycles. The lowest BCUT2D eigenvalue weighted by Gasteiger charge is -1.99. The smallest absolute Gasteiger partial charge is 0.140 e. The Morgan fingerprint density at radius 1 is 0.655 bits per heavy atom. The van der Waals surface area contributed by atoms with Crippen molar-refractivity contribution in [1.29, 1.82) is 0 Å². The number of hydrogen-bond donors (Lipinski definition) is 0. The van der Waals surface area contributed by atoms with Crippen LogP contribution in [0.4, 0.5) is 4.39 Å². The van der Waals surface area contributed by atoms with E-state index in [0.717, 1.165) is 24.0 Å². The second-order valence-corrected chi connectivity index (χ2v) is 7.05. The standard InChI is InChI=1S/C28H25F/c1-3-5-6-23-11-13-25(14-12-23)17-19-27-20-18-26(21-28(27)29)16-15-24-9-7-22(4-2)8-10-24/h7-14,18,20-21H,3-6H2,1-2H3. The summed E-state index contributed by atoms with van der Waals surface area (Å²) in [7, 11) is 0. The summed E-state index contributed by atoms with van der Waals surface area (Å²) in [5, 5.41) is 0. The lowest BCUT2D eigenvalue weighted by atomic mass is 10.1. The Morgan fingerprint density at radius 2 is 1.21 bits per heavy atom. The van der Waals surface area contributed by atoms with E-state index < -0.39 is 0 Å². The Balaban J connectivity index is 1.70. The molecular formula is C28H25F. The molecule has 0 saturated carbocycles. The van der Waals surface area contributed by atoms with E-state index in [1.807, 2.05) is 30.3 Å². The maximum Gasteiger partial charge on any atom is 0.140 e. The van der Waals surface area contributed by atoms with Crippen LogP contribution in [0.25, 0.3) is 0 Å². The first-order valence-electron chi connectivity index (χ1n) is 10.2. The first-order chi connectivity index (χ1) is 14.2. The predicted molar refractivity (Wildman–Crippen MR) is 119 cm³/mol. The summed E-state index contributed by atoms with van der Waals surface area (Å²) in [6.07, 6.45) is 4.47. The quantitative estimate of drug-likeness (QED) is 0.451. The summed E-state index contributed by atoms with van der Waals surface area (Å²) in [6, 6.07) is 21.3. The van der Waals surface area contributed by atoms with Gasteiger partial charge in [-0.2, -0.15) is 0 Å². The third-order valence-corrected chi connectivity index (χ3v) is 4.80. The van der Waals surface area contributed by atoms with Gasteiger partial charge in [0.15, 0.2) is 0 Å². The van der Waals surface area contributed by atoms with Crippen LogP contribution in [0.3, 0.4) is 0 Å². The fraction of sp³-hybridized carbons (Fsp3) is 0.214. The Morgan fingerprint density at radius 3 is 1.79 bits per heavy atom. The van der Waals surface area contributed by atoms with Crippen LogP contribution in [0.2, 0.25) is 0 Å². The highest BCUT2D eigenvalue weighted by atomic mass is 19.1. The average Bonchev–Trinajstić information content (AvgIpc) is 2.76. The Kier molecular flexibility index (Phi) is 7.27. The zero-order valence-electron chi connectivity index (χ0n) is 17.1. The first kappa shape index (κ1) is 20.4. The molecule has 0 saturated heterocycles. The van der Waals surface area contributed by atoms with Crippen molar-refractivity contribution < 1.29 is 4.39 Å². The second kappa shape index (κ2) is 10.3. The van der Waals surface area contributed by atoms with Crippen molar-refractivity contribution in [2.45, 2.75) is 39.5 Å². The fourth-order valence-electron chi connectivity index (χ4n) is 2.94. The number of halogens is 1. The van der Waals surface area contributed by atoms with Gasteiger partial charge in [-0.1, -0.05) is 68.2 Å². The van der Waals surface area contributed by atoms with E-state index in [-0.39, 0.29) is 5.82 Å². The number of rotatable bonds is 4. The van der Waals surface area contributed by atoms with Gasteiger partial charge in [-0.25, -0.2) is 4.39 Å². The van der Waals surface area contributed by atoms with Crippen LogP contribution in [0.5, 0.6) is 0 Å². The van der Waals surface area contributed by atoms with E-state index in [0.29, 0.717) is 11.1 Å². The topological polar surface area (TPSA) is 0 Å². The van der Waals surface area contributed by atoms with Gasteiger partial charge in [-0.3, -0.25) is 0 Å². The highest BCUT2D eigenvalue weighted by Gasteiger charge is 2.00. The van der Waals surface area contributed by atoms with Gasteiger partial charge in [0.2, 0.25) is 0 Å². The Labute approximate surface area is 173 Å². The summed E-state index contributed by atoms with van der Waals surface area (Å²) >= 11 is 0. The van der Waals surface area contributed by atoms with Crippen LogP contribution < -0.4 is 0 Å². The van der Waals surface area contributed by atoms with Gasteiger partial charge in [0, 0.05) is 16.7 Å². The van der Waals surface area contributed by atoms with E-state index in [4.69, 9.17) is 0 Å². The van der Waals surface area contributed by atoms with E-state index >= 15 is 0 Å². The van der Waals surface area contributed by atoms with Gasteiger partial charge in [-0.05, 0) is 72.9 Å². The summed E-state index contributed by atoms with van der Waals surface area (Å²) < 4.78 is 14.4. The largest absolute Gasteiger partial charge is 0.206 e. The lowest BCUT2D eigenvalue weighted by molar-refractivity contribution is 0.624. The molecule has 0 aliphatic carbocycles. The molecule has 29 heavy (non-hydrogen) atoms. The first-order valence-corrected chi connectivity index (χ1v) is 10.2. The van der Waals surface area contributed by atoms with E-state index in [2.05, 4.69) is 61.8 Å². The van der Waals surface area contributed by atoms with Gasteiger partial charge in [0.05, 0.1) is 5.56 Å². The molecule has 0 atom stereocenters. The molecule has 0 nitrogen and oxygen atoms in total. The zero-order valence-corrected chi connectivity index (χ0v) is 17.1. The van der Waals surface area contributed by atoms with Crippen LogP contribution in [-0.2, 0) is 12.8 Å². The van der Waals surface area contributed by atoms with Crippen LogP contribution in [0.15, 0.2) is 66.7 Å². The molecule has 0 N–H and O–H groups in total. The minimum atomic E-state index is -0.342. The third kappa shape index (κ3) is 6.10. The van der Waals surface area contributed by atoms with E-state index in [1.54, 1.807) is 6.07 Å². The molecule has 3 rings (SSSR count). The third-order valence-electron chi connectivity index (χ3n) is 4.80. The Hall–Kier alpha value is -3.29. The van der Waals surface area contributed by atoms with Crippen molar-refractivity contribution in [1.82, 2.24) is 0 Å². The summed E-state index contributed by atoms with van der Waals surface area (Å²) in [4.78, 5) is 0. The normalized spacial score (nSPS) is 9.90. The zero-order chi connectivity index (χ0) is 20.5. The van der Waals surface area contributed by atoms with Crippen molar-refractivity contribution in [2.75, 3.05) is 0 Å². The maximum atomic E-state index is 14.4. The minimum Gasteiger partial charge on any atom is -0.206 e. The molecule has 0 bridgehead atoms. The van der Waals surface area contributed by atoms with Crippen LogP contribution >= 0.6 is 0 Å². The van der Waals surface area contributed by atoms with E-state index in [9.17, 15) is 4.39 Å². The average molecular weight is 381 g/mol. The van der Waals surface area contributed by atoms with Crippen molar-refractivity contribution in [3.8, 4) is 23.7 Å². The van der Waals surface area contributed by atoms with Crippen LogP contribution in [0.1, 0.15) is 60.1 Å². The van der Waals surface area contributed by atoms with Crippen LogP contribution in [0, 0.1) is 29.5 Å².